The number of nitrogens with zero attached hydrogens (tertiary/aromatic N) is 1. The number of aryl methyl sites for hydroxylation is 2. The predicted molar refractivity (Wildman–Crippen MR) is 93.3 cm³/mol. The number of thioether (sulfide) groups is 1. The van der Waals surface area contributed by atoms with Crippen LogP contribution in [-0.4, -0.2) is 29.5 Å². The molecular formula is C16H15NO5S2. The van der Waals surface area contributed by atoms with Gasteiger partial charge in [-0.25, -0.2) is 4.79 Å². The van der Waals surface area contributed by atoms with E-state index in [9.17, 15) is 19.7 Å². The topological polar surface area (TPSA) is 86.5 Å². The van der Waals surface area contributed by atoms with Crippen molar-refractivity contribution < 1.29 is 19.2 Å². The number of benzene rings is 1. The van der Waals surface area contributed by atoms with Gasteiger partial charge in [-0.3, -0.25) is 14.9 Å². The van der Waals surface area contributed by atoms with Crippen LogP contribution in [0, 0.1) is 24.0 Å². The molecule has 0 fully saturated rings. The Hall–Kier alpha value is -2.19. The Morgan fingerprint density at radius 3 is 2.54 bits per heavy atom. The molecule has 0 aliphatic rings. The van der Waals surface area contributed by atoms with Gasteiger partial charge >= 0.3 is 5.97 Å². The van der Waals surface area contributed by atoms with E-state index in [1.54, 1.807) is 12.3 Å². The third-order valence-corrected chi connectivity index (χ3v) is 5.04. The molecule has 0 saturated heterocycles. The molecule has 0 aliphatic heterocycles. The van der Waals surface area contributed by atoms with Crippen LogP contribution in [0.2, 0.25) is 0 Å². The first-order valence-corrected chi connectivity index (χ1v) is 8.97. The van der Waals surface area contributed by atoms with E-state index in [0.29, 0.717) is 10.5 Å². The number of rotatable bonds is 6. The molecule has 126 valence electrons. The Morgan fingerprint density at radius 2 is 2.00 bits per heavy atom. The third kappa shape index (κ3) is 4.01. The first-order valence-electron chi connectivity index (χ1n) is 6.93. The summed E-state index contributed by atoms with van der Waals surface area (Å²) in [5, 5.41) is 11.0. The van der Waals surface area contributed by atoms with Crippen molar-refractivity contribution in [2.75, 3.05) is 12.9 Å². The predicted octanol–water partition coefficient (Wildman–Crippen LogP) is 4.03. The lowest BCUT2D eigenvalue weighted by Crippen LogP contribution is -2.14. The maximum atomic E-state index is 12.1. The number of esters is 1. The minimum Gasteiger partial charge on any atom is -0.454 e. The largest absolute Gasteiger partial charge is 0.454 e. The number of ketones is 1. The molecule has 1 aromatic carbocycles. The number of hydrogen-bond acceptors (Lipinski definition) is 7. The van der Waals surface area contributed by atoms with E-state index < -0.39 is 17.5 Å². The lowest BCUT2D eigenvalue weighted by atomic mass is 10.1. The number of hydrogen-bond donors (Lipinski definition) is 0. The fourth-order valence-corrected chi connectivity index (χ4v) is 3.65. The first kappa shape index (κ1) is 18.2. The van der Waals surface area contributed by atoms with Crippen LogP contribution in [0.5, 0.6) is 0 Å². The Kier molecular flexibility index (Phi) is 5.74. The van der Waals surface area contributed by atoms with Crippen molar-refractivity contribution in [3.05, 3.63) is 55.3 Å². The van der Waals surface area contributed by atoms with Crippen LogP contribution in [0.15, 0.2) is 29.2 Å². The van der Waals surface area contributed by atoms with Crippen LogP contribution in [-0.2, 0) is 4.74 Å². The Labute approximate surface area is 147 Å². The highest BCUT2D eigenvalue weighted by atomic mass is 32.2. The Bertz CT molecular complexity index is 813. The highest BCUT2D eigenvalue weighted by Crippen LogP contribution is 2.28. The van der Waals surface area contributed by atoms with Gasteiger partial charge in [0, 0.05) is 21.4 Å². The van der Waals surface area contributed by atoms with Gasteiger partial charge in [0.2, 0.25) is 5.78 Å². The molecule has 0 spiro atoms. The van der Waals surface area contributed by atoms with Crippen LogP contribution in [0.3, 0.4) is 0 Å². The molecule has 8 heteroatoms. The van der Waals surface area contributed by atoms with Crippen molar-refractivity contribution in [1.82, 2.24) is 0 Å². The summed E-state index contributed by atoms with van der Waals surface area (Å²) >= 11 is 2.72. The standard InChI is InChI=1S/C16H15NO5S2/c1-9-6-12(10(2)24-9)14(18)8-22-16(19)11-4-5-15(23-3)13(7-11)17(20)21/h4-7H,8H2,1-3H3. The second-order valence-corrected chi connectivity index (χ2v) is 7.28. The summed E-state index contributed by atoms with van der Waals surface area (Å²) in [5.41, 5.74) is 0.423. The minimum absolute atomic E-state index is 0.0468. The minimum atomic E-state index is -0.760. The molecule has 0 aliphatic carbocycles. The Balaban J connectivity index is 2.10. The zero-order chi connectivity index (χ0) is 17.9. The molecule has 0 bridgehead atoms. The molecule has 1 heterocycles. The van der Waals surface area contributed by atoms with Crippen LogP contribution >= 0.6 is 23.1 Å². The summed E-state index contributed by atoms with van der Waals surface area (Å²) in [4.78, 5) is 37.0. The maximum Gasteiger partial charge on any atom is 0.338 e. The first-order chi connectivity index (χ1) is 11.3. The highest BCUT2D eigenvalue weighted by Gasteiger charge is 2.19. The zero-order valence-corrected chi connectivity index (χ0v) is 15.0. The fourth-order valence-electron chi connectivity index (χ4n) is 2.16. The number of nitro groups is 1. The lowest BCUT2D eigenvalue weighted by Gasteiger charge is -2.05. The van der Waals surface area contributed by atoms with Gasteiger partial charge in [0.1, 0.15) is 0 Å². The molecule has 1 aromatic heterocycles. The zero-order valence-electron chi connectivity index (χ0n) is 13.3. The van der Waals surface area contributed by atoms with E-state index in [0.717, 1.165) is 9.75 Å². The number of ether oxygens (including phenoxy) is 1. The molecular weight excluding hydrogens is 350 g/mol. The van der Waals surface area contributed by atoms with Crippen LogP contribution in [0.25, 0.3) is 0 Å². The van der Waals surface area contributed by atoms with Crippen molar-refractivity contribution in [3.8, 4) is 0 Å². The molecule has 0 saturated carbocycles. The summed E-state index contributed by atoms with van der Waals surface area (Å²) in [5.74, 6) is -1.05. The summed E-state index contributed by atoms with van der Waals surface area (Å²) in [7, 11) is 0. The lowest BCUT2D eigenvalue weighted by molar-refractivity contribution is -0.387. The van der Waals surface area contributed by atoms with Crippen molar-refractivity contribution in [2.45, 2.75) is 18.7 Å². The SMILES string of the molecule is CSc1ccc(C(=O)OCC(=O)c2cc(C)sc2C)cc1[N+](=O)[O-]. The molecule has 0 N–H and O–H groups in total. The van der Waals surface area contributed by atoms with Gasteiger partial charge in [0.25, 0.3) is 5.69 Å². The molecule has 2 rings (SSSR count). The van der Waals surface area contributed by atoms with E-state index in [1.807, 2.05) is 13.8 Å². The van der Waals surface area contributed by atoms with E-state index in [1.165, 1.54) is 41.3 Å². The van der Waals surface area contributed by atoms with Gasteiger partial charge in [-0.15, -0.1) is 23.1 Å². The van der Waals surface area contributed by atoms with E-state index in [2.05, 4.69) is 0 Å². The van der Waals surface area contributed by atoms with Gasteiger partial charge < -0.3 is 4.74 Å². The van der Waals surface area contributed by atoms with E-state index >= 15 is 0 Å². The van der Waals surface area contributed by atoms with Crippen molar-refractivity contribution in [2.24, 2.45) is 0 Å². The average molecular weight is 365 g/mol. The summed E-state index contributed by atoms with van der Waals surface area (Å²) in [6.07, 6.45) is 1.71. The second kappa shape index (κ2) is 7.59. The van der Waals surface area contributed by atoms with E-state index in [4.69, 9.17) is 4.74 Å². The van der Waals surface area contributed by atoms with Crippen LogP contribution in [0.1, 0.15) is 30.5 Å². The molecule has 0 radical (unpaired) electrons. The molecule has 24 heavy (non-hydrogen) atoms. The third-order valence-electron chi connectivity index (χ3n) is 3.29. The number of carbonyl (C=O) groups excluding carboxylic acids is 2. The van der Waals surface area contributed by atoms with Crippen LogP contribution in [0.4, 0.5) is 5.69 Å². The van der Waals surface area contributed by atoms with Gasteiger partial charge in [-0.1, -0.05) is 0 Å². The van der Waals surface area contributed by atoms with Crippen molar-refractivity contribution >= 4 is 40.5 Å². The van der Waals surface area contributed by atoms with Gasteiger partial charge in [-0.2, -0.15) is 0 Å². The second-order valence-electron chi connectivity index (χ2n) is 4.97. The molecule has 6 nitrogen and oxygen atoms in total. The number of carbonyl (C=O) groups is 2. The number of Topliss-reactive ketones (excluding diaryl/α,β-unsaturated/α-hetero) is 1. The monoisotopic (exact) mass is 365 g/mol. The average Bonchev–Trinajstić information content (AvgIpc) is 2.90. The molecule has 0 amide bonds. The number of nitro benzene ring substituents is 1. The summed E-state index contributed by atoms with van der Waals surface area (Å²) < 4.78 is 5.00. The quantitative estimate of drug-likeness (QED) is 0.252. The van der Waals surface area contributed by atoms with Gasteiger partial charge in [0.05, 0.1) is 15.4 Å². The van der Waals surface area contributed by atoms with Crippen LogP contribution < -0.4 is 0 Å². The molecule has 0 unspecified atom stereocenters. The molecule has 2 aromatic rings. The highest BCUT2D eigenvalue weighted by molar-refractivity contribution is 7.98. The molecule has 0 atom stereocenters. The van der Waals surface area contributed by atoms with Gasteiger partial charge in [0.15, 0.2) is 6.61 Å². The number of thiophene rings is 1. The normalized spacial score (nSPS) is 10.5. The van der Waals surface area contributed by atoms with Crippen molar-refractivity contribution in [1.29, 1.82) is 0 Å². The Morgan fingerprint density at radius 1 is 1.29 bits per heavy atom. The van der Waals surface area contributed by atoms with E-state index in [-0.39, 0.29) is 17.0 Å². The maximum absolute atomic E-state index is 12.1. The smallest absolute Gasteiger partial charge is 0.338 e. The fraction of sp³-hybridized carbons (Fsp3) is 0.250. The van der Waals surface area contributed by atoms with Gasteiger partial charge in [-0.05, 0) is 38.3 Å². The summed E-state index contributed by atoms with van der Waals surface area (Å²) in [6, 6.07) is 5.87. The summed E-state index contributed by atoms with van der Waals surface area (Å²) in [6.45, 7) is 3.33. The van der Waals surface area contributed by atoms with Crippen molar-refractivity contribution in [3.63, 3.8) is 0 Å².